The van der Waals surface area contributed by atoms with Crippen molar-refractivity contribution in [2.45, 2.75) is 32.0 Å². The van der Waals surface area contributed by atoms with E-state index < -0.39 is 28.5 Å². The van der Waals surface area contributed by atoms with E-state index in [4.69, 9.17) is 14.2 Å². The van der Waals surface area contributed by atoms with E-state index >= 15 is 0 Å². The Kier molecular flexibility index (Phi) is 6.73. The summed E-state index contributed by atoms with van der Waals surface area (Å²) in [5.74, 6) is 0. The topological polar surface area (TPSA) is 73.9 Å². The Balaban J connectivity index is 1.94. The summed E-state index contributed by atoms with van der Waals surface area (Å²) in [4.78, 5) is 0. The molecule has 1 aliphatic rings. The molecule has 0 aliphatic carbocycles. The molecule has 0 aromatic heterocycles. The molecule has 128 valence electrons. The summed E-state index contributed by atoms with van der Waals surface area (Å²) in [7, 11) is -3.34. The summed E-state index contributed by atoms with van der Waals surface area (Å²) in [5.41, 5.74) is 1.05. The van der Waals surface area contributed by atoms with Crippen LogP contribution in [0.15, 0.2) is 42.5 Å². The number of rotatable bonds is 8. The van der Waals surface area contributed by atoms with Gasteiger partial charge in [0, 0.05) is 6.61 Å². The van der Waals surface area contributed by atoms with Crippen LogP contribution in [0, 0.1) is 0 Å². The summed E-state index contributed by atoms with van der Waals surface area (Å²) < 4.78 is 42.4. The number of hydrogen-bond donors (Lipinski definition) is 1. The quantitative estimate of drug-likeness (QED) is 0.724. The third kappa shape index (κ3) is 6.40. The van der Waals surface area contributed by atoms with E-state index in [2.05, 4.69) is 4.72 Å². The highest BCUT2D eigenvalue weighted by Crippen LogP contribution is 2.16. The third-order valence-corrected chi connectivity index (χ3v) is 3.96. The van der Waals surface area contributed by atoms with E-state index in [1.54, 1.807) is 12.2 Å². The van der Waals surface area contributed by atoms with Crippen molar-refractivity contribution in [1.82, 2.24) is 4.72 Å². The van der Waals surface area contributed by atoms with E-state index in [9.17, 15) is 8.42 Å². The summed E-state index contributed by atoms with van der Waals surface area (Å²) in [6.07, 6.45) is 3.65. The first-order chi connectivity index (χ1) is 11.0. The molecule has 1 aliphatic heterocycles. The molecule has 0 bridgehead atoms. The van der Waals surface area contributed by atoms with E-state index in [1.807, 2.05) is 37.3 Å². The lowest BCUT2D eigenvalue weighted by Crippen LogP contribution is -2.48. The van der Waals surface area contributed by atoms with E-state index in [1.165, 1.54) is 0 Å². The Morgan fingerprint density at radius 2 is 1.96 bits per heavy atom. The van der Waals surface area contributed by atoms with Crippen molar-refractivity contribution in [1.29, 1.82) is 0 Å². The lowest BCUT2D eigenvalue weighted by molar-refractivity contribution is -0.165. The van der Waals surface area contributed by atoms with Gasteiger partial charge in [-0.05, 0) is 18.6 Å². The number of benzene rings is 1. The van der Waals surface area contributed by atoms with Crippen molar-refractivity contribution in [3.05, 3.63) is 48.0 Å². The molecule has 0 fully saturated rings. The van der Waals surface area contributed by atoms with Gasteiger partial charge in [0.25, 0.3) is 0 Å². The molecule has 1 aromatic rings. The predicted molar refractivity (Wildman–Crippen MR) is 87.3 cm³/mol. The zero-order valence-corrected chi connectivity index (χ0v) is 14.2. The second-order valence-corrected chi connectivity index (χ2v) is 7.08. The molecular weight excluding hydrogens is 318 g/mol. The molecule has 0 radical (unpaired) electrons. The molecule has 0 saturated heterocycles. The molecular formula is C16H23NO5S. The van der Waals surface area contributed by atoms with Gasteiger partial charge in [0.2, 0.25) is 10.0 Å². The van der Waals surface area contributed by atoms with E-state index in [0.29, 0.717) is 13.2 Å². The van der Waals surface area contributed by atoms with Crippen molar-refractivity contribution in [3.8, 4) is 0 Å². The van der Waals surface area contributed by atoms with Crippen LogP contribution in [0.1, 0.15) is 12.5 Å². The number of hydrogen-bond acceptors (Lipinski definition) is 5. The van der Waals surface area contributed by atoms with Crippen LogP contribution in [0.25, 0.3) is 0 Å². The van der Waals surface area contributed by atoms with Crippen molar-refractivity contribution in [2.24, 2.45) is 0 Å². The summed E-state index contributed by atoms with van der Waals surface area (Å²) in [6.45, 7) is 3.08. The third-order valence-electron chi connectivity index (χ3n) is 3.26. The van der Waals surface area contributed by atoms with Gasteiger partial charge >= 0.3 is 0 Å². The van der Waals surface area contributed by atoms with Crippen LogP contribution in [0.2, 0.25) is 0 Å². The molecule has 6 nitrogen and oxygen atoms in total. The Morgan fingerprint density at radius 3 is 2.61 bits per heavy atom. The molecule has 1 aromatic carbocycles. The largest absolute Gasteiger partial charge is 0.374 e. The number of sulfonamides is 1. The van der Waals surface area contributed by atoms with Crippen LogP contribution in [0.5, 0.6) is 0 Å². The number of ether oxygens (including phenoxy) is 3. The van der Waals surface area contributed by atoms with E-state index in [-0.39, 0.29) is 6.61 Å². The molecule has 2 rings (SSSR count). The summed E-state index contributed by atoms with van der Waals surface area (Å²) in [5, 5.41) is 0. The van der Waals surface area contributed by atoms with Crippen molar-refractivity contribution >= 4 is 10.0 Å². The van der Waals surface area contributed by atoms with Crippen molar-refractivity contribution in [2.75, 3.05) is 19.5 Å². The zero-order chi connectivity index (χ0) is 16.7. The van der Waals surface area contributed by atoms with Crippen LogP contribution < -0.4 is 4.72 Å². The molecule has 3 atom stereocenters. The second kappa shape index (κ2) is 8.56. The zero-order valence-electron chi connectivity index (χ0n) is 13.3. The van der Waals surface area contributed by atoms with Crippen LogP contribution in [0.4, 0.5) is 0 Å². The second-order valence-electron chi connectivity index (χ2n) is 5.30. The molecule has 0 amide bonds. The fraction of sp³-hybridized carbons (Fsp3) is 0.500. The van der Waals surface area contributed by atoms with E-state index in [0.717, 1.165) is 11.8 Å². The van der Waals surface area contributed by atoms with Crippen LogP contribution in [-0.4, -0.2) is 46.3 Å². The normalized spacial score (nSPS) is 24.7. The average Bonchev–Trinajstić information content (AvgIpc) is 2.50. The van der Waals surface area contributed by atoms with Gasteiger partial charge in [-0.2, -0.15) is 0 Å². The Bertz CT molecular complexity index is 602. The monoisotopic (exact) mass is 341 g/mol. The van der Waals surface area contributed by atoms with Gasteiger partial charge in [-0.25, -0.2) is 13.1 Å². The Morgan fingerprint density at radius 1 is 1.22 bits per heavy atom. The van der Waals surface area contributed by atoms with Crippen LogP contribution >= 0.6 is 0 Å². The fourth-order valence-electron chi connectivity index (χ4n) is 2.27. The standard InChI is InChI=1S/C16H23NO5S/c1-3-21-16-10-9-14(17-23(2,18)19)15(22-16)12-20-11-13-7-5-4-6-8-13/h4-10,14-17H,3,11-12H2,1-2H3/t14-,15+,16-/m0/s1. The van der Waals surface area contributed by atoms with Gasteiger partial charge in [-0.1, -0.05) is 36.4 Å². The first-order valence-electron chi connectivity index (χ1n) is 7.52. The minimum absolute atomic E-state index is 0.260. The highest BCUT2D eigenvalue weighted by molar-refractivity contribution is 7.88. The predicted octanol–water partition coefficient (Wildman–Crippen LogP) is 1.44. The maximum Gasteiger partial charge on any atom is 0.209 e. The Labute approximate surface area is 137 Å². The SMILES string of the molecule is CCO[C@@H]1C=C[C@H](NS(C)(=O)=O)[C@@H](COCc2ccccc2)O1. The smallest absolute Gasteiger partial charge is 0.209 e. The molecule has 1 heterocycles. The van der Waals surface area contributed by atoms with Crippen LogP contribution in [-0.2, 0) is 30.8 Å². The van der Waals surface area contributed by atoms with Gasteiger partial charge in [0.1, 0.15) is 6.10 Å². The molecule has 1 N–H and O–H groups in total. The van der Waals surface area contributed by atoms with Gasteiger partial charge in [-0.3, -0.25) is 0 Å². The van der Waals surface area contributed by atoms with Crippen molar-refractivity contribution < 1.29 is 22.6 Å². The van der Waals surface area contributed by atoms with Gasteiger partial charge in [0.15, 0.2) is 6.29 Å². The molecule has 0 saturated carbocycles. The van der Waals surface area contributed by atoms with Gasteiger partial charge < -0.3 is 14.2 Å². The molecule has 0 unspecified atom stereocenters. The average molecular weight is 341 g/mol. The van der Waals surface area contributed by atoms with Gasteiger partial charge in [-0.15, -0.1) is 0 Å². The Hall–Kier alpha value is -1.25. The first-order valence-corrected chi connectivity index (χ1v) is 9.41. The fourth-order valence-corrected chi connectivity index (χ4v) is 2.99. The van der Waals surface area contributed by atoms with Crippen LogP contribution in [0.3, 0.4) is 0 Å². The lowest BCUT2D eigenvalue weighted by atomic mass is 10.1. The van der Waals surface area contributed by atoms with Crippen molar-refractivity contribution in [3.63, 3.8) is 0 Å². The number of nitrogens with one attached hydrogen (secondary N) is 1. The first kappa shape index (κ1) is 18.1. The molecule has 23 heavy (non-hydrogen) atoms. The minimum Gasteiger partial charge on any atom is -0.374 e. The summed E-state index contributed by atoms with van der Waals surface area (Å²) in [6, 6.07) is 9.29. The highest BCUT2D eigenvalue weighted by Gasteiger charge is 2.29. The lowest BCUT2D eigenvalue weighted by Gasteiger charge is -2.32. The van der Waals surface area contributed by atoms with Gasteiger partial charge in [0.05, 0.1) is 25.5 Å². The summed E-state index contributed by atoms with van der Waals surface area (Å²) >= 11 is 0. The minimum atomic E-state index is -3.34. The highest BCUT2D eigenvalue weighted by atomic mass is 32.2. The molecule has 0 spiro atoms. The maximum absolute atomic E-state index is 11.5. The maximum atomic E-state index is 11.5. The molecule has 7 heteroatoms.